The SMILES string of the molecule is CCC(CC)N(CC(=O)O[C@@H]1[C@H](OC(=O)CN(C(=O)OC(C)(C)C)C(CC)CC)[C@@H](OC(=O)c2ccccc2)[C@H](Sc2ccccc2)O[C@@H]1COC(=O)c1ccccc1)C(=O)CN(C(=O)OC(C)(C)C)C(CC)CC. The number of hydrogen-bond acceptors (Lipinski definition) is 15. The summed E-state index contributed by atoms with van der Waals surface area (Å²) in [6.45, 7) is 19.4. The van der Waals surface area contributed by atoms with Crippen LogP contribution >= 0.6 is 11.8 Å². The largest absolute Gasteiger partial charge is 0.459 e. The average Bonchev–Trinajstić information content (AvgIpc) is 3.37. The van der Waals surface area contributed by atoms with E-state index in [4.69, 9.17) is 33.2 Å². The van der Waals surface area contributed by atoms with Gasteiger partial charge in [0.15, 0.2) is 18.3 Å². The summed E-state index contributed by atoms with van der Waals surface area (Å²) in [5.74, 6) is -4.06. The van der Waals surface area contributed by atoms with Crippen LogP contribution in [0.1, 0.15) is 142 Å². The van der Waals surface area contributed by atoms with Crippen LogP contribution in [-0.4, -0.2) is 142 Å². The van der Waals surface area contributed by atoms with E-state index >= 15 is 0 Å². The first-order chi connectivity index (χ1) is 35.6. The summed E-state index contributed by atoms with van der Waals surface area (Å²) < 4.78 is 43.1. The summed E-state index contributed by atoms with van der Waals surface area (Å²) in [7, 11) is 0. The predicted molar refractivity (Wildman–Crippen MR) is 284 cm³/mol. The highest BCUT2D eigenvalue weighted by Crippen LogP contribution is 2.38. The number of esters is 4. The lowest BCUT2D eigenvalue weighted by Gasteiger charge is -2.45. The van der Waals surface area contributed by atoms with Crippen molar-refractivity contribution in [2.45, 2.75) is 186 Å². The van der Waals surface area contributed by atoms with Crippen LogP contribution in [0, 0.1) is 0 Å². The smallest absolute Gasteiger partial charge is 0.411 e. The molecule has 17 nitrogen and oxygen atoms in total. The third kappa shape index (κ3) is 18.9. The van der Waals surface area contributed by atoms with E-state index in [9.17, 15) is 33.6 Å². The molecule has 0 N–H and O–H groups in total. The van der Waals surface area contributed by atoms with Crippen molar-refractivity contribution in [3.8, 4) is 0 Å². The molecule has 412 valence electrons. The molecule has 3 aromatic rings. The van der Waals surface area contributed by atoms with Gasteiger partial charge in [0, 0.05) is 23.0 Å². The number of hydrogen-bond donors (Lipinski definition) is 0. The molecule has 1 heterocycles. The van der Waals surface area contributed by atoms with Crippen LogP contribution in [0.25, 0.3) is 0 Å². The van der Waals surface area contributed by atoms with Gasteiger partial charge in [-0.05, 0) is 116 Å². The summed E-state index contributed by atoms with van der Waals surface area (Å²) in [5.41, 5.74) is -2.62. The first-order valence-electron chi connectivity index (χ1n) is 26.1. The monoisotopic (exact) mass is 1060 g/mol. The van der Waals surface area contributed by atoms with Crippen LogP contribution in [0.4, 0.5) is 9.59 Å². The van der Waals surface area contributed by atoms with Gasteiger partial charge in [-0.2, -0.15) is 0 Å². The van der Waals surface area contributed by atoms with Crippen molar-refractivity contribution in [2.24, 2.45) is 0 Å². The predicted octanol–water partition coefficient (Wildman–Crippen LogP) is 10.3. The van der Waals surface area contributed by atoms with Crippen LogP contribution < -0.4 is 0 Å². The molecule has 3 amide bonds. The van der Waals surface area contributed by atoms with Crippen molar-refractivity contribution in [2.75, 3.05) is 26.2 Å². The lowest BCUT2D eigenvalue weighted by atomic mass is 9.99. The van der Waals surface area contributed by atoms with Crippen molar-refractivity contribution < 1.29 is 66.7 Å². The molecule has 0 radical (unpaired) electrons. The van der Waals surface area contributed by atoms with E-state index in [1.54, 1.807) is 126 Å². The molecule has 1 saturated heterocycles. The van der Waals surface area contributed by atoms with Crippen molar-refractivity contribution in [1.29, 1.82) is 0 Å². The second-order valence-electron chi connectivity index (χ2n) is 20.2. The zero-order chi connectivity index (χ0) is 55.5. The normalized spacial score (nSPS) is 17.7. The Bertz CT molecular complexity index is 2300. The van der Waals surface area contributed by atoms with Gasteiger partial charge in [-0.25, -0.2) is 19.2 Å². The second kappa shape index (κ2) is 29.2. The van der Waals surface area contributed by atoms with Crippen LogP contribution in [0.5, 0.6) is 0 Å². The fourth-order valence-corrected chi connectivity index (χ4v) is 9.68. The Morgan fingerprint density at radius 2 is 0.907 bits per heavy atom. The number of thioether (sulfide) groups is 1. The minimum atomic E-state index is -1.69. The number of nitrogens with zero attached hydrogens (tertiary/aromatic N) is 3. The van der Waals surface area contributed by atoms with Gasteiger partial charge in [-0.15, -0.1) is 0 Å². The molecule has 3 aromatic carbocycles. The Balaban J connectivity index is 1.89. The summed E-state index contributed by atoms with van der Waals surface area (Å²) in [4.78, 5) is 104. The number of amides is 3. The van der Waals surface area contributed by atoms with E-state index in [2.05, 4.69) is 0 Å². The van der Waals surface area contributed by atoms with Gasteiger partial charge in [0.2, 0.25) is 5.91 Å². The van der Waals surface area contributed by atoms with E-state index in [0.29, 0.717) is 43.4 Å². The first-order valence-corrected chi connectivity index (χ1v) is 27.0. The van der Waals surface area contributed by atoms with Crippen LogP contribution in [0.15, 0.2) is 95.9 Å². The molecular formula is C57H79N3O14S. The van der Waals surface area contributed by atoms with E-state index in [1.807, 2.05) is 47.6 Å². The quantitative estimate of drug-likeness (QED) is 0.0607. The second-order valence-corrected chi connectivity index (χ2v) is 21.4. The molecule has 4 rings (SSSR count). The van der Waals surface area contributed by atoms with Crippen LogP contribution in [0.3, 0.4) is 0 Å². The molecule has 1 fully saturated rings. The highest BCUT2D eigenvalue weighted by Gasteiger charge is 2.54. The Labute approximate surface area is 447 Å². The van der Waals surface area contributed by atoms with Crippen molar-refractivity contribution in [1.82, 2.24) is 14.7 Å². The third-order valence-electron chi connectivity index (χ3n) is 12.4. The fraction of sp³-hybridized carbons (Fsp3) is 0.561. The average molecular weight is 1060 g/mol. The molecule has 5 atom stereocenters. The molecule has 1 aliphatic rings. The summed E-state index contributed by atoms with van der Waals surface area (Å²) >= 11 is 1.12. The topological polar surface area (TPSA) is 194 Å². The lowest BCUT2D eigenvalue weighted by Crippen LogP contribution is -2.62. The van der Waals surface area contributed by atoms with Gasteiger partial charge in [0.1, 0.15) is 49.0 Å². The number of rotatable bonds is 24. The maximum Gasteiger partial charge on any atom is 0.411 e. The summed E-state index contributed by atoms with van der Waals surface area (Å²) in [6.07, 6.45) is -4.92. The number of carbonyl (C=O) groups is 7. The maximum atomic E-state index is 14.8. The Hall–Kier alpha value is -6.14. The minimum absolute atomic E-state index is 0.150. The van der Waals surface area contributed by atoms with Gasteiger partial charge in [-0.3, -0.25) is 24.2 Å². The molecule has 0 aromatic heterocycles. The highest BCUT2D eigenvalue weighted by molar-refractivity contribution is 7.99. The molecule has 18 heteroatoms. The molecule has 0 aliphatic carbocycles. The van der Waals surface area contributed by atoms with Crippen molar-refractivity contribution >= 4 is 53.7 Å². The van der Waals surface area contributed by atoms with E-state index < -0.39 is 121 Å². The zero-order valence-electron chi connectivity index (χ0n) is 45.8. The molecule has 0 unspecified atom stereocenters. The van der Waals surface area contributed by atoms with E-state index in [1.165, 1.54) is 14.7 Å². The Morgan fingerprint density at radius 1 is 0.507 bits per heavy atom. The van der Waals surface area contributed by atoms with Gasteiger partial charge in [0.05, 0.1) is 11.1 Å². The number of carbonyl (C=O) groups excluding carboxylic acids is 7. The van der Waals surface area contributed by atoms with E-state index in [0.717, 1.165) is 11.8 Å². The molecule has 75 heavy (non-hydrogen) atoms. The van der Waals surface area contributed by atoms with Crippen molar-refractivity contribution in [3.05, 3.63) is 102 Å². The Kier molecular flexibility index (Phi) is 23.9. The fourth-order valence-electron chi connectivity index (χ4n) is 8.55. The standard InChI is InChI=1S/C57H79N3O14S/c1-13-40(14-2)58(45(61)34-59(41(15-3)16-4)54(66)73-56(7,8)9)35-46(62)70-48-44(37-68-51(64)38-28-22-19-23-29-38)69-53(75-43-32-26-21-27-33-43)50(72-52(65)39-30-24-20-25-31-39)49(48)71-47(63)36-60(42(17-5)18-6)55(67)74-57(10,11)12/h19-33,40-42,44,48-50,53H,13-18,34-37H2,1-12H3/t44-,48+,49+,50-,53+/m1/s1. The Morgan fingerprint density at radius 3 is 1.36 bits per heavy atom. The third-order valence-corrected chi connectivity index (χ3v) is 13.5. The molecule has 0 saturated carbocycles. The molecule has 0 bridgehead atoms. The summed E-state index contributed by atoms with van der Waals surface area (Å²) in [5, 5.41) is 0. The molecular weight excluding hydrogens is 983 g/mol. The van der Waals surface area contributed by atoms with Gasteiger partial charge in [0.25, 0.3) is 0 Å². The van der Waals surface area contributed by atoms with Gasteiger partial charge in [-0.1, -0.05) is 108 Å². The van der Waals surface area contributed by atoms with Crippen molar-refractivity contribution in [3.63, 3.8) is 0 Å². The summed E-state index contributed by atoms with van der Waals surface area (Å²) in [6, 6.07) is 24.0. The van der Waals surface area contributed by atoms with Crippen LogP contribution in [0.2, 0.25) is 0 Å². The lowest BCUT2D eigenvalue weighted by molar-refractivity contribution is -0.231. The van der Waals surface area contributed by atoms with Crippen LogP contribution in [-0.2, 0) is 47.5 Å². The highest BCUT2D eigenvalue weighted by atomic mass is 32.2. The van der Waals surface area contributed by atoms with Gasteiger partial charge < -0.3 is 38.1 Å². The molecule has 1 aliphatic heterocycles. The first kappa shape index (κ1) is 61.4. The minimum Gasteiger partial charge on any atom is -0.459 e. The number of benzene rings is 3. The van der Waals surface area contributed by atoms with E-state index in [-0.39, 0.29) is 17.2 Å². The zero-order valence-corrected chi connectivity index (χ0v) is 46.6. The van der Waals surface area contributed by atoms with Gasteiger partial charge >= 0.3 is 36.1 Å². The maximum absolute atomic E-state index is 14.8. The molecule has 0 spiro atoms. The number of ether oxygens (including phenoxy) is 7.